The highest BCUT2D eigenvalue weighted by atomic mass is 16.3. The van der Waals surface area contributed by atoms with Crippen molar-refractivity contribution in [2.24, 2.45) is 10.7 Å². The second-order valence-electron chi connectivity index (χ2n) is 2.83. The van der Waals surface area contributed by atoms with Crippen molar-refractivity contribution in [2.45, 2.75) is 6.42 Å². The zero-order valence-electron chi connectivity index (χ0n) is 8.03. The summed E-state index contributed by atoms with van der Waals surface area (Å²) in [7, 11) is 3.59. The summed E-state index contributed by atoms with van der Waals surface area (Å²) < 4.78 is 5.19. The lowest BCUT2D eigenvalue weighted by molar-refractivity contribution is 0.448. The standard InChI is InChI=1S/C9H15N3O/c1-11-9(10)12(2)6-5-8-4-3-7-13-8/h3-4,7H,5-6H2,1-2H3,(H2,10,11). The minimum Gasteiger partial charge on any atom is -0.469 e. The van der Waals surface area contributed by atoms with Crippen molar-refractivity contribution >= 4 is 5.96 Å². The Morgan fingerprint density at radius 1 is 1.69 bits per heavy atom. The molecule has 72 valence electrons. The number of nitrogens with two attached hydrogens (primary N) is 1. The van der Waals surface area contributed by atoms with Gasteiger partial charge in [-0.3, -0.25) is 4.99 Å². The molecule has 0 aliphatic carbocycles. The summed E-state index contributed by atoms with van der Waals surface area (Å²) in [5.41, 5.74) is 5.60. The van der Waals surface area contributed by atoms with Gasteiger partial charge in [0.15, 0.2) is 5.96 Å². The van der Waals surface area contributed by atoms with E-state index in [2.05, 4.69) is 4.99 Å². The Labute approximate surface area is 78.0 Å². The van der Waals surface area contributed by atoms with Gasteiger partial charge in [0, 0.05) is 27.1 Å². The lowest BCUT2D eigenvalue weighted by Crippen LogP contribution is -2.35. The third-order valence-electron chi connectivity index (χ3n) is 1.89. The van der Waals surface area contributed by atoms with Crippen LogP contribution >= 0.6 is 0 Å². The molecule has 0 atom stereocenters. The molecule has 0 radical (unpaired) electrons. The van der Waals surface area contributed by atoms with Gasteiger partial charge in [0.05, 0.1) is 6.26 Å². The van der Waals surface area contributed by atoms with Crippen molar-refractivity contribution in [1.82, 2.24) is 4.90 Å². The number of aliphatic imine (C=N–C) groups is 1. The first kappa shape index (κ1) is 9.64. The molecule has 0 saturated carbocycles. The number of hydrogen-bond acceptors (Lipinski definition) is 2. The van der Waals surface area contributed by atoms with Gasteiger partial charge in [0.25, 0.3) is 0 Å². The Morgan fingerprint density at radius 2 is 2.46 bits per heavy atom. The van der Waals surface area contributed by atoms with Gasteiger partial charge in [-0.2, -0.15) is 0 Å². The van der Waals surface area contributed by atoms with Crippen LogP contribution in [-0.4, -0.2) is 31.5 Å². The minimum absolute atomic E-state index is 0.548. The highest BCUT2D eigenvalue weighted by Gasteiger charge is 2.01. The fraction of sp³-hybridized carbons (Fsp3) is 0.444. The molecule has 0 bridgehead atoms. The van der Waals surface area contributed by atoms with Gasteiger partial charge in [0.1, 0.15) is 5.76 Å². The van der Waals surface area contributed by atoms with Crippen molar-refractivity contribution in [3.05, 3.63) is 24.2 Å². The molecular formula is C9H15N3O. The van der Waals surface area contributed by atoms with Crippen LogP contribution < -0.4 is 5.73 Å². The molecule has 1 heterocycles. The first-order chi connectivity index (χ1) is 6.24. The number of nitrogens with zero attached hydrogens (tertiary/aromatic N) is 2. The first-order valence-electron chi connectivity index (χ1n) is 4.20. The molecule has 1 rings (SSSR count). The third-order valence-corrected chi connectivity index (χ3v) is 1.89. The topological polar surface area (TPSA) is 54.8 Å². The number of hydrogen-bond donors (Lipinski definition) is 1. The molecule has 0 unspecified atom stereocenters. The molecule has 0 fully saturated rings. The van der Waals surface area contributed by atoms with Crippen LogP contribution in [0.4, 0.5) is 0 Å². The van der Waals surface area contributed by atoms with Crippen LogP contribution in [0.3, 0.4) is 0 Å². The van der Waals surface area contributed by atoms with Crippen LogP contribution in [0.25, 0.3) is 0 Å². The molecule has 0 aliphatic rings. The SMILES string of the molecule is CN=C(N)N(C)CCc1ccco1. The van der Waals surface area contributed by atoms with Gasteiger partial charge in [-0.1, -0.05) is 0 Å². The van der Waals surface area contributed by atoms with E-state index in [0.717, 1.165) is 18.7 Å². The third kappa shape index (κ3) is 2.82. The molecule has 0 spiro atoms. The maximum atomic E-state index is 5.60. The van der Waals surface area contributed by atoms with Crippen molar-refractivity contribution in [3.8, 4) is 0 Å². The number of rotatable bonds is 3. The van der Waals surface area contributed by atoms with E-state index < -0.39 is 0 Å². The number of furan rings is 1. The van der Waals surface area contributed by atoms with Crippen LogP contribution in [-0.2, 0) is 6.42 Å². The molecule has 0 amide bonds. The van der Waals surface area contributed by atoms with Gasteiger partial charge in [-0.15, -0.1) is 0 Å². The number of guanidine groups is 1. The molecule has 1 aromatic rings. The highest BCUT2D eigenvalue weighted by Crippen LogP contribution is 2.01. The molecule has 1 aromatic heterocycles. The van der Waals surface area contributed by atoms with E-state index in [0.29, 0.717) is 5.96 Å². The van der Waals surface area contributed by atoms with Gasteiger partial charge in [-0.25, -0.2) is 0 Å². The van der Waals surface area contributed by atoms with Crippen LogP contribution in [0.1, 0.15) is 5.76 Å². The van der Waals surface area contributed by atoms with E-state index in [1.54, 1.807) is 13.3 Å². The molecule has 13 heavy (non-hydrogen) atoms. The fourth-order valence-corrected chi connectivity index (χ4v) is 1.02. The fourth-order valence-electron chi connectivity index (χ4n) is 1.02. The summed E-state index contributed by atoms with van der Waals surface area (Å²) in [6.45, 7) is 0.816. The van der Waals surface area contributed by atoms with E-state index in [1.807, 2.05) is 24.1 Å². The molecule has 0 aromatic carbocycles. The highest BCUT2D eigenvalue weighted by molar-refractivity contribution is 5.77. The van der Waals surface area contributed by atoms with Gasteiger partial charge >= 0.3 is 0 Å². The summed E-state index contributed by atoms with van der Waals surface area (Å²) in [5.74, 6) is 1.52. The second kappa shape index (κ2) is 4.54. The monoisotopic (exact) mass is 181 g/mol. The van der Waals surface area contributed by atoms with Crippen LogP contribution in [0.15, 0.2) is 27.8 Å². The second-order valence-corrected chi connectivity index (χ2v) is 2.83. The van der Waals surface area contributed by atoms with E-state index >= 15 is 0 Å². The average molecular weight is 181 g/mol. The first-order valence-corrected chi connectivity index (χ1v) is 4.20. The smallest absolute Gasteiger partial charge is 0.190 e. The van der Waals surface area contributed by atoms with E-state index in [-0.39, 0.29) is 0 Å². The average Bonchev–Trinajstić information content (AvgIpc) is 2.65. The summed E-state index contributed by atoms with van der Waals surface area (Å²) in [5, 5.41) is 0. The minimum atomic E-state index is 0.548. The Bertz CT molecular complexity index is 266. The largest absolute Gasteiger partial charge is 0.469 e. The molecule has 4 heteroatoms. The van der Waals surface area contributed by atoms with E-state index in [4.69, 9.17) is 10.2 Å². The lowest BCUT2D eigenvalue weighted by Gasteiger charge is -2.16. The maximum absolute atomic E-state index is 5.60. The summed E-state index contributed by atoms with van der Waals surface area (Å²) in [4.78, 5) is 5.77. The zero-order valence-corrected chi connectivity index (χ0v) is 8.03. The number of likely N-dealkylation sites (N-methyl/N-ethyl adjacent to an activating group) is 1. The van der Waals surface area contributed by atoms with Crippen molar-refractivity contribution < 1.29 is 4.42 Å². The molecule has 0 aliphatic heterocycles. The normalized spacial score (nSPS) is 11.7. The van der Waals surface area contributed by atoms with Gasteiger partial charge < -0.3 is 15.1 Å². The Balaban J connectivity index is 2.35. The van der Waals surface area contributed by atoms with E-state index in [9.17, 15) is 0 Å². The van der Waals surface area contributed by atoms with Gasteiger partial charge in [0.2, 0.25) is 0 Å². The van der Waals surface area contributed by atoms with Crippen LogP contribution in [0, 0.1) is 0 Å². The summed E-state index contributed by atoms with van der Waals surface area (Å²) in [6, 6.07) is 3.83. The van der Waals surface area contributed by atoms with Crippen molar-refractivity contribution in [1.29, 1.82) is 0 Å². The van der Waals surface area contributed by atoms with Crippen LogP contribution in [0.5, 0.6) is 0 Å². The van der Waals surface area contributed by atoms with Crippen molar-refractivity contribution in [3.63, 3.8) is 0 Å². The van der Waals surface area contributed by atoms with Crippen molar-refractivity contribution in [2.75, 3.05) is 20.6 Å². The molecule has 4 nitrogen and oxygen atoms in total. The predicted octanol–water partition coefficient (Wildman–Crippen LogP) is 0.698. The lowest BCUT2D eigenvalue weighted by atomic mass is 10.3. The van der Waals surface area contributed by atoms with Crippen LogP contribution in [0.2, 0.25) is 0 Å². The Kier molecular flexibility index (Phi) is 3.37. The Hall–Kier alpha value is -1.45. The Morgan fingerprint density at radius 3 is 3.00 bits per heavy atom. The summed E-state index contributed by atoms with van der Waals surface area (Å²) in [6.07, 6.45) is 2.52. The maximum Gasteiger partial charge on any atom is 0.190 e. The quantitative estimate of drug-likeness (QED) is 0.551. The summed E-state index contributed by atoms with van der Waals surface area (Å²) >= 11 is 0. The predicted molar refractivity (Wildman–Crippen MR) is 52.6 cm³/mol. The molecular weight excluding hydrogens is 166 g/mol. The zero-order chi connectivity index (χ0) is 9.68. The van der Waals surface area contributed by atoms with Gasteiger partial charge in [-0.05, 0) is 12.1 Å². The molecule has 0 saturated heterocycles. The molecule has 2 N–H and O–H groups in total. The van der Waals surface area contributed by atoms with E-state index in [1.165, 1.54) is 0 Å².